The Morgan fingerprint density at radius 1 is 1.59 bits per heavy atom. The van der Waals surface area contributed by atoms with E-state index in [0.29, 0.717) is 17.1 Å². The van der Waals surface area contributed by atoms with Crippen LogP contribution in [0.15, 0.2) is 24.3 Å². The Morgan fingerprint density at radius 2 is 2.29 bits per heavy atom. The number of halogens is 1. The van der Waals surface area contributed by atoms with Gasteiger partial charge in [0.05, 0.1) is 10.5 Å². The maximum atomic E-state index is 10.8. The predicted molar refractivity (Wildman–Crippen MR) is 65.8 cm³/mol. The highest BCUT2D eigenvalue weighted by Crippen LogP contribution is 2.24. The number of hydrogen-bond donors (Lipinski definition) is 1. The van der Waals surface area contributed by atoms with Gasteiger partial charge in [0.1, 0.15) is 0 Å². The lowest BCUT2D eigenvalue weighted by Gasteiger charge is -1.99. The van der Waals surface area contributed by atoms with E-state index < -0.39 is 4.92 Å². The van der Waals surface area contributed by atoms with Gasteiger partial charge in [-0.2, -0.15) is 0 Å². The van der Waals surface area contributed by atoms with Gasteiger partial charge in [-0.05, 0) is 12.1 Å². The van der Waals surface area contributed by atoms with E-state index in [1.54, 1.807) is 24.3 Å². The van der Waals surface area contributed by atoms with Crippen molar-refractivity contribution in [3.8, 4) is 0 Å². The lowest BCUT2D eigenvalue weighted by molar-refractivity contribution is -0.385. The first-order valence-corrected chi connectivity index (χ1v) is 5.23. The van der Waals surface area contributed by atoms with Gasteiger partial charge in [0.2, 0.25) is 5.91 Å². The monoisotopic (exact) mass is 254 g/mol. The fourth-order valence-corrected chi connectivity index (χ4v) is 1.37. The van der Waals surface area contributed by atoms with Gasteiger partial charge in [0.15, 0.2) is 0 Å². The molecular formula is C11H11ClN2O3. The Labute approximate surface area is 103 Å². The Balaban J connectivity index is 2.83. The molecule has 1 rings (SSSR count). The number of amides is 1. The second kappa shape index (κ2) is 6.00. The molecule has 0 bridgehead atoms. The zero-order chi connectivity index (χ0) is 12.8. The molecular weight excluding hydrogens is 244 g/mol. The molecule has 0 aliphatic rings. The van der Waals surface area contributed by atoms with Crippen molar-refractivity contribution in [1.29, 1.82) is 0 Å². The largest absolute Gasteiger partial charge is 0.353 e. The van der Waals surface area contributed by atoms with Crippen molar-refractivity contribution < 1.29 is 9.72 Å². The SMILES string of the molecule is CC(=O)NCC=Cc1ccc(Cl)cc1[N+](=O)[O-]. The van der Waals surface area contributed by atoms with Crippen LogP contribution >= 0.6 is 11.6 Å². The summed E-state index contributed by atoms with van der Waals surface area (Å²) in [5.74, 6) is -0.153. The van der Waals surface area contributed by atoms with Gasteiger partial charge in [0.25, 0.3) is 5.69 Å². The second-order valence-electron chi connectivity index (χ2n) is 3.30. The molecule has 0 spiro atoms. The summed E-state index contributed by atoms with van der Waals surface area (Å²) in [5, 5.41) is 13.6. The number of nitro benzene ring substituents is 1. The van der Waals surface area contributed by atoms with Gasteiger partial charge >= 0.3 is 0 Å². The minimum atomic E-state index is -0.496. The Hall–Kier alpha value is -1.88. The third-order valence-electron chi connectivity index (χ3n) is 1.96. The summed E-state index contributed by atoms with van der Waals surface area (Å²) in [6, 6.07) is 4.43. The van der Waals surface area contributed by atoms with Crippen LogP contribution in [0.5, 0.6) is 0 Å². The predicted octanol–water partition coefficient (Wildman–Crippen LogP) is 2.40. The fraction of sp³-hybridized carbons (Fsp3) is 0.182. The number of benzene rings is 1. The van der Waals surface area contributed by atoms with Crippen LogP contribution in [0.3, 0.4) is 0 Å². The van der Waals surface area contributed by atoms with Gasteiger partial charge in [-0.1, -0.05) is 23.8 Å². The van der Waals surface area contributed by atoms with Crippen molar-refractivity contribution >= 4 is 29.3 Å². The molecule has 1 amide bonds. The summed E-state index contributed by atoms with van der Waals surface area (Å²) in [7, 11) is 0. The molecule has 0 radical (unpaired) electrons. The van der Waals surface area contributed by atoms with E-state index in [2.05, 4.69) is 5.32 Å². The average molecular weight is 255 g/mol. The Morgan fingerprint density at radius 3 is 2.88 bits per heavy atom. The standard InChI is InChI=1S/C11H11ClN2O3/c1-8(15)13-6-2-3-9-4-5-10(12)7-11(9)14(16)17/h2-5,7H,6H2,1H3,(H,13,15). The average Bonchev–Trinajstić information content (AvgIpc) is 2.25. The van der Waals surface area contributed by atoms with Crippen LogP contribution < -0.4 is 5.32 Å². The summed E-state index contributed by atoms with van der Waals surface area (Å²) >= 11 is 5.68. The first-order chi connectivity index (χ1) is 8.00. The van der Waals surface area contributed by atoms with Crippen molar-refractivity contribution in [2.45, 2.75) is 6.92 Å². The Bertz CT molecular complexity index is 472. The zero-order valence-corrected chi connectivity index (χ0v) is 9.90. The van der Waals surface area contributed by atoms with Crippen molar-refractivity contribution in [3.63, 3.8) is 0 Å². The van der Waals surface area contributed by atoms with Crippen LogP contribution in [0.1, 0.15) is 12.5 Å². The first kappa shape index (κ1) is 13.2. The van der Waals surface area contributed by atoms with Crippen molar-refractivity contribution in [2.24, 2.45) is 0 Å². The van der Waals surface area contributed by atoms with Crippen LogP contribution in [-0.4, -0.2) is 17.4 Å². The molecule has 6 heteroatoms. The summed E-state index contributed by atoms with van der Waals surface area (Å²) in [5.41, 5.74) is 0.390. The van der Waals surface area contributed by atoms with Crippen molar-refractivity contribution in [2.75, 3.05) is 6.54 Å². The normalized spacial score (nSPS) is 10.5. The number of nitrogens with zero attached hydrogens (tertiary/aromatic N) is 1. The lowest BCUT2D eigenvalue weighted by atomic mass is 10.1. The van der Waals surface area contributed by atoms with Crippen molar-refractivity contribution in [3.05, 3.63) is 45.0 Å². The molecule has 0 aliphatic heterocycles. The molecule has 0 saturated carbocycles. The smallest absolute Gasteiger partial charge is 0.278 e. The number of carbonyl (C=O) groups is 1. The highest BCUT2D eigenvalue weighted by Gasteiger charge is 2.11. The highest BCUT2D eigenvalue weighted by atomic mass is 35.5. The molecule has 1 N–H and O–H groups in total. The maximum absolute atomic E-state index is 10.8. The fourth-order valence-electron chi connectivity index (χ4n) is 1.20. The number of nitrogens with one attached hydrogen (secondary N) is 1. The summed E-state index contributed by atoms with van der Waals surface area (Å²) < 4.78 is 0. The van der Waals surface area contributed by atoms with E-state index in [0.717, 1.165) is 0 Å². The van der Waals surface area contributed by atoms with Gasteiger partial charge in [-0.3, -0.25) is 14.9 Å². The molecule has 0 heterocycles. The van der Waals surface area contributed by atoms with E-state index in [1.165, 1.54) is 13.0 Å². The molecule has 0 aromatic heterocycles. The third-order valence-corrected chi connectivity index (χ3v) is 2.19. The van der Waals surface area contributed by atoms with E-state index in [1.807, 2.05) is 0 Å². The highest BCUT2D eigenvalue weighted by molar-refractivity contribution is 6.30. The topological polar surface area (TPSA) is 72.2 Å². The molecule has 0 atom stereocenters. The molecule has 1 aromatic carbocycles. The van der Waals surface area contributed by atoms with Gasteiger partial charge < -0.3 is 5.32 Å². The minimum Gasteiger partial charge on any atom is -0.353 e. The van der Waals surface area contributed by atoms with E-state index in [9.17, 15) is 14.9 Å². The summed E-state index contributed by atoms with van der Waals surface area (Å²) in [6.07, 6.45) is 3.21. The lowest BCUT2D eigenvalue weighted by Crippen LogP contribution is -2.19. The second-order valence-corrected chi connectivity index (χ2v) is 3.74. The number of nitro groups is 1. The molecule has 0 fully saturated rings. The third kappa shape index (κ3) is 4.24. The molecule has 5 nitrogen and oxygen atoms in total. The zero-order valence-electron chi connectivity index (χ0n) is 9.14. The number of rotatable bonds is 4. The van der Waals surface area contributed by atoms with Crippen LogP contribution in [0, 0.1) is 10.1 Å². The van der Waals surface area contributed by atoms with E-state index >= 15 is 0 Å². The number of carbonyl (C=O) groups excluding carboxylic acids is 1. The Kier molecular flexibility index (Phi) is 4.66. The molecule has 90 valence electrons. The first-order valence-electron chi connectivity index (χ1n) is 4.85. The van der Waals surface area contributed by atoms with Crippen LogP contribution in [0.2, 0.25) is 5.02 Å². The molecule has 0 saturated heterocycles. The van der Waals surface area contributed by atoms with E-state index in [4.69, 9.17) is 11.6 Å². The quantitative estimate of drug-likeness (QED) is 0.662. The van der Waals surface area contributed by atoms with Crippen LogP contribution in [0.25, 0.3) is 6.08 Å². The van der Waals surface area contributed by atoms with Gasteiger partial charge in [0, 0.05) is 24.6 Å². The van der Waals surface area contributed by atoms with Gasteiger partial charge in [-0.25, -0.2) is 0 Å². The minimum absolute atomic E-state index is 0.0587. The summed E-state index contributed by atoms with van der Waals surface area (Å²) in [6.45, 7) is 1.73. The number of hydrogen-bond acceptors (Lipinski definition) is 3. The molecule has 1 aromatic rings. The molecule has 0 unspecified atom stereocenters. The van der Waals surface area contributed by atoms with E-state index in [-0.39, 0.29) is 11.6 Å². The van der Waals surface area contributed by atoms with Crippen LogP contribution in [0.4, 0.5) is 5.69 Å². The molecule has 0 aliphatic carbocycles. The maximum Gasteiger partial charge on any atom is 0.278 e. The molecule has 17 heavy (non-hydrogen) atoms. The van der Waals surface area contributed by atoms with Crippen molar-refractivity contribution in [1.82, 2.24) is 5.32 Å². The van der Waals surface area contributed by atoms with Gasteiger partial charge in [-0.15, -0.1) is 0 Å². The van der Waals surface area contributed by atoms with Crippen LogP contribution in [-0.2, 0) is 4.79 Å². The summed E-state index contributed by atoms with van der Waals surface area (Å²) in [4.78, 5) is 20.9.